The Morgan fingerprint density at radius 2 is 2.15 bits per heavy atom. The average molecular weight is 296 g/mol. The second kappa shape index (κ2) is 7.11. The van der Waals surface area contributed by atoms with E-state index in [9.17, 15) is 0 Å². The molecule has 0 saturated heterocycles. The van der Waals surface area contributed by atoms with Crippen LogP contribution in [0.3, 0.4) is 0 Å². The molecule has 1 aromatic heterocycles. The van der Waals surface area contributed by atoms with E-state index in [0.29, 0.717) is 11.6 Å². The maximum atomic E-state index is 6.16. The van der Waals surface area contributed by atoms with Crippen LogP contribution < -0.4 is 5.32 Å². The van der Waals surface area contributed by atoms with Crippen molar-refractivity contribution in [1.29, 1.82) is 0 Å². The predicted octanol–water partition coefficient (Wildman–Crippen LogP) is 4.55. The molecule has 0 aliphatic rings. The fraction of sp³-hybridized carbons (Fsp3) is 0.500. The Bertz CT molecular complexity index is 550. The van der Waals surface area contributed by atoms with Crippen LogP contribution in [0.4, 0.5) is 0 Å². The monoisotopic (exact) mass is 295 g/mol. The molecule has 0 saturated carbocycles. The number of benzene rings is 1. The van der Waals surface area contributed by atoms with E-state index >= 15 is 0 Å². The number of nitrogens with one attached hydrogen (secondary N) is 1. The molecule has 1 unspecified atom stereocenters. The van der Waals surface area contributed by atoms with E-state index in [4.69, 9.17) is 20.8 Å². The summed E-state index contributed by atoms with van der Waals surface area (Å²) in [5.74, 6) is 0.877. The van der Waals surface area contributed by atoms with Gasteiger partial charge in [-0.15, -0.1) is 0 Å². The molecule has 0 aliphatic carbocycles. The molecule has 0 fully saturated rings. The minimum Gasteiger partial charge on any atom is -0.458 e. The number of para-hydroxylation sites is 1. The molecular weight excluding hydrogens is 274 g/mol. The Balaban J connectivity index is 2.22. The Morgan fingerprint density at radius 1 is 1.35 bits per heavy atom. The fourth-order valence-corrected chi connectivity index (χ4v) is 2.29. The molecule has 0 spiro atoms. The summed E-state index contributed by atoms with van der Waals surface area (Å²) in [6, 6.07) is 7.88. The lowest BCUT2D eigenvalue weighted by molar-refractivity contribution is 0.0571. The van der Waals surface area contributed by atoms with Crippen molar-refractivity contribution in [2.45, 2.75) is 39.3 Å². The van der Waals surface area contributed by atoms with Crippen LogP contribution in [0.15, 0.2) is 28.7 Å². The average Bonchev–Trinajstić information content (AvgIpc) is 2.84. The number of furan rings is 1. The summed E-state index contributed by atoms with van der Waals surface area (Å²) in [5.41, 5.74) is 0.747. The molecule has 1 aromatic carbocycles. The zero-order valence-electron chi connectivity index (χ0n) is 12.3. The number of hydrogen-bond acceptors (Lipinski definition) is 3. The number of rotatable bonds is 7. The van der Waals surface area contributed by atoms with Crippen LogP contribution in [-0.2, 0) is 4.74 Å². The molecule has 0 radical (unpaired) electrons. The van der Waals surface area contributed by atoms with Gasteiger partial charge in [-0.2, -0.15) is 0 Å². The van der Waals surface area contributed by atoms with Gasteiger partial charge in [-0.25, -0.2) is 0 Å². The van der Waals surface area contributed by atoms with Gasteiger partial charge in [0.25, 0.3) is 0 Å². The van der Waals surface area contributed by atoms with E-state index in [0.717, 1.165) is 29.7 Å². The third kappa shape index (κ3) is 3.75. The van der Waals surface area contributed by atoms with Gasteiger partial charge in [0, 0.05) is 5.39 Å². The van der Waals surface area contributed by atoms with Crippen LogP contribution in [-0.4, -0.2) is 19.3 Å². The third-order valence-electron chi connectivity index (χ3n) is 3.10. The molecule has 3 nitrogen and oxygen atoms in total. The van der Waals surface area contributed by atoms with Gasteiger partial charge < -0.3 is 14.5 Å². The number of ether oxygens (including phenoxy) is 1. The van der Waals surface area contributed by atoms with Gasteiger partial charge >= 0.3 is 0 Å². The normalized spacial score (nSPS) is 13.2. The van der Waals surface area contributed by atoms with Crippen LogP contribution >= 0.6 is 11.6 Å². The highest BCUT2D eigenvalue weighted by Gasteiger charge is 2.17. The van der Waals surface area contributed by atoms with E-state index in [2.05, 4.69) is 12.2 Å². The van der Waals surface area contributed by atoms with Crippen LogP contribution in [0.25, 0.3) is 11.0 Å². The molecule has 2 rings (SSSR count). The second-order valence-corrected chi connectivity index (χ2v) is 5.60. The number of fused-ring (bicyclic) bond motifs is 1. The predicted molar refractivity (Wildman–Crippen MR) is 83.3 cm³/mol. The van der Waals surface area contributed by atoms with Crippen LogP contribution in [0.2, 0.25) is 5.02 Å². The second-order valence-electron chi connectivity index (χ2n) is 5.20. The highest BCUT2D eigenvalue weighted by atomic mass is 35.5. The maximum Gasteiger partial charge on any atom is 0.152 e. The first-order valence-corrected chi connectivity index (χ1v) is 7.52. The number of halogens is 1. The maximum absolute atomic E-state index is 6.16. The van der Waals surface area contributed by atoms with E-state index < -0.39 is 0 Å². The molecule has 1 N–H and O–H groups in total. The molecule has 4 heteroatoms. The largest absolute Gasteiger partial charge is 0.458 e. The first-order chi connectivity index (χ1) is 9.61. The van der Waals surface area contributed by atoms with Crippen molar-refractivity contribution < 1.29 is 9.15 Å². The highest BCUT2D eigenvalue weighted by molar-refractivity contribution is 6.34. The van der Waals surface area contributed by atoms with Gasteiger partial charge in [0.2, 0.25) is 0 Å². The summed E-state index contributed by atoms with van der Waals surface area (Å²) >= 11 is 6.16. The van der Waals surface area contributed by atoms with Crippen LogP contribution in [0.1, 0.15) is 39.0 Å². The van der Waals surface area contributed by atoms with Gasteiger partial charge in [-0.1, -0.05) is 30.7 Å². The van der Waals surface area contributed by atoms with Gasteiger partial charge in [0.1, 0.15) is 5.76 Å². The van der Waals surface area contributed by atoms with E-state index in [-0.39, 0.29) is 12.1 Å². The van der Waals surface area contributed by atoms with Gasteiger partial charge in [-0.3, -0.25) is 0 Å². The van der Waals surface area contributed by atoms with E-state index in [1.54, 1.807) is 0 Å². The summed E-state index contributed by atoms with van der Waals surface area (Å²) in [5, 5.41) is 5.13. The molecule has 2 aromatic rings. The SMILES string of the molecule is CCCNC(COC(C)C)c1cc2cccc(Cl)c2o1. The topological polar surface area (TPSA) is 34.4 Å². The Labute approximate surface area is 125 Å². The van der Waals surface area contributed by atoms with Crippen molar-refractivity contribution in [2.75, 3.05) is 13.2 Å². The minimum atomic E-state index is 0.0563. The van der Waals surface area contributed by atoms with Crippen LogP contribution in [0.5, 0.6) is 0 Å². The standard InChI is InChI=1S/C16H22ClNO2/c1-4-8-18-14(10-19-11(2)3)15-9-12-6-5-7-13(17)16(12)20-15/h5-7,9,11,14,18H,4,8,10H2,1-3H3. The van der Waals surface area contributed by atoms with Gasteiger partial charge in [0.05, 0.1) is 23.8 Å². The minimum absolute atomic E-state index is 0.0563. The zero-order valence-corrected chi connectivity index (χ0v) is 13.0. The molecule has 0 aliphatic heterocycles. The third-order valence-corrected chi connectivity index (χ3v) is 3.39. The molecule has 0 bridgehead atoms. The van der Waals surface area contributed by atoms with Crippen molar-refractivity contribution in [1.82, 2.24) is 5.32 Å². The van der Waals surface area contributed by atoms with Crippen molar-refractivity contribution in [3.8, 4) is 0 Å². The Kier molecular flexibility index (Phi) is 5.46. The zero-order chi connectivity index (χ0) is 14.5. The molecule has 110 valence electrons. The first kappa shape index (κ1) is 15.4. The first-order valence-electron chi connectivity index (χ1n) is 7.14. The lowest BCUT2D eigenvalue weighted by Gasteiger charge is -2.18. The summed E-state index contributed by atoms with van der Waals surface area (Å²) < 4.78 is 11.6. The summed E-state index contributed by atoms with van der Waals surface area (Å²) in [6.45, 7) is 7.73. The Morgan fingerprint density at radius 3 is 2.80 bits per heavy atom. The molecular formula is C16H22ClNO2. The Hall–Kier alpha value is -1.03. The molecule has 20 heavy (non-hydrogen) atoms. The number of hydrogen-bond donors (Lipinski definition) is 1. The lowest BCUT2D eigenvalue weighted by Crippen LogP contribution is -2.27. The molecule has 0 amide bonds. The summed E-state index contributed by atoms with van der Waals surface area (Å²) in [6.07, 6.45) is 1.27. The van der Waals surface area contributed by atoms with Crippen molar-refractivity contribution in [3.05, 3.63) is 35.0 Å². The summed E-state index contributed by atoms with van der Waals surface area (Å²) in [7, 11) is 0. The highest BCUT2D eigenvalue weighted by Crippen LogP contribution is 2.29. The van der Waals surface area contributed by atoms with E-state index in [1.807, 2.05) is 38.1 Å². The quantitative estimate of drug-likeness (QED) is 0.813. The smallest absolute Gasteiger partial charge is 0.152 e. The fourth-order valence-electron chi connectivity index (χ4n) is 2.07. The van der Waals surface area contributed by atoms with Gasteiger partial charge in [-0.05, 0) is 38.9 Å². The lowest BCUT2D eigenvalue weighted by atomic mass is 10.2. The molecule has 1 heterocycles. The van der Waals surface area contributed by atoms with Crippen LogP contribution in [0, 0.1) is 0 Å². The van der Waals surface area contributed by atoms with Crippen molar-refractivity contribution >= 4 is 22.6 Å². The van der Waals surface area contributed by atoms with Crippen molar-refractivity contribution in [3.63, 3.8) is 0 Å². The van der Waals surface area contributed by atoms with Crippen molar-refractivity contribution in [2.24, 2.45) is 0 Å². The van der Waals surface area contributed by atoms with E-state index in [1.165, 1.54) is 0 Å². The molecule has 1 atom stereocenters. The summed E-state index contributed by atoms with van der Waals surface area (Å²) in [4.78, 5) is 0. The van der Waals surface area contributed by atoms with Gasteiger partial charge in [0.15, 0.2) is 5.58 Å².